The molecule has 1 aliphatic heterocycles. The molecule has 0 saturated carbocycles. The van der Waals surface area contributed by atoms with Crippen molar-refractivity contribution in [2.45, 2.75) is 58.3 Å². The van der Waals surface area contributed by atoms with E-state index < -0.39 is 5.60 Å². The standard InChI is InChI=1S/C35H39N3O5S/c1-35(2,3)43-34(40)37-16-8-11-24(14-17-37)42-26-10-7-9-25(21-26)41-19-18-38-23-28(27-12-5-6-13-29(27)38)33(39)31-22-32-30(36(31)4)15-20-44-32/h5-7,9-10,12-13,15,20-24H,8,11,14,16-19H2,1-4H3/t24-/m1/s1. The van der Waals surface area contributed by atoms with E-state index in [1.807, 2.05) is 105 Å². The molecule has 9 heteroatoms. The Morgan fingerprint density at radius 3 is 2.59 bits per heavy atom. The number of amides is 1. The molecule has 8 nitrogen and oxygen atoms in total. The number of carbonyl (C=O) groups is 2. The molecule has 0 spiro atoms. The van der Waals surface area contributed by atoms with Crippen LogP contribution in [0.4, 0.5) is 4.79 Å². The maximum Gasteiger partial charge on any atom is 0.410 e. The quantitative estimate of drug-likeness (QED) is 0.168. The minimum atomic E-state index is -0.507. The summed E-state index contributed by atoms with van der Waals surface area (Å²) < 4.78 is 23.2. The van der Waals surface area contributed by atoms with Crippen molar-refractivity contribution >= 4 is 44.3 Å². The van der Waals surface area contributed by atoms with E-state index in [-0.39, 0.29) is 18.0 Å². The van der Waals surface area contributed by atoms with Crippen LogP contribution in [0.3, 0.4) is 0 Å². The number of carbonyl (C=O) groups excluding carboxylic acids is 2. The van der Waals surface area contributed by atoms with E-state index in [0.29, 0.717) is 37.5 Å². The van der Waals surface area contributed by atoms with E-state index in [2.05, 4.69) is 4.57 Å². The SMILES string of the molecule is Cn1c(C(=O)c2cn(CCOc3cccc(O[C@@H]4CCCN(C(=O)OC(C)(C)C)CC4)c3)c3ccccc23)cc2sccc21. The predicted molar refractivity (Wildman–Crippen MR) is 174 cm³/mol. The molecule has 2 aromatic carbocycles. The van der Waals surface area contributed by atoms with Crippen LogP contribution in [0.1, 0.15) is 56.1 Å². The van der Waals surface area contributed by atoms with E-state index in [1.54, 1.807) is 16.2 Å². The Labute approximate surface area is 261 Å². The van der Waals surface area contributed by atoms with Gasteiger partial charge in [-0.2, -0.15) is 0 Å². The van der Waals surface area contributed by atoms with Crippen molar-refractivity contribution < 1.29 is 23.8 Å². The van der Waals surface area contributed by atoms with Gasteiger partial charge in [0.15, 0.2) is 0 Å². The van der Waals surface area contributed by atoms with Crippen LogP contribution in [0.5, 0.6) is 11.5 Å². The minimum absolute atomic E-state index is 0.0138. The number of aromatic nitrogens is 2. The minimum Gasteiger partial charge on any atom is -0.492 e. The van der Waals surface area contributed by atoms with Crippen molar-refractivity contribution in [3.63, 3.8) is 0 Å². The second-order valence-corrected chi connectivity index (χ2v) is 13.3. The highest BCUT2D eigenvalue weighted by Crippen LogP contribution is 2.29. The first-order valence-electron chi connectivity index (χ1n) is 15.2. The van der Waals surface area contributed by atoms with Gasteiger partial charge >= 0.3 is 6.09 Å². The summed E-state index contributed by atoms with van der Waals surface area (Å²) in [6, 6.07) is 19.8. The first-order chi connectivity index (χ1) is 21.2. The second-order valence-electron chi connectivity index (χ2n) is 12.3. The number of aryl methyl sites for hydroxylation is 1. The predicted octanol–water partition coefficient (Wildman–Crippen LogP) is 7.67. The van der Waals surface area contributed by atoms with Crippen LogP contribution in [0.25, 0.3) is 21.1 Å². The molecule has 0 aliphatic carbocycles. The lowest BCUT2D eigenvalue weighted by molar-refractivity contribution is 0.0252. The zero-order valence-corrected chi connectivity index (χ0v) is 26.6. The Bertz CT molecular complexity index is 1790. The Hall–Kier alpha value is -4.24. The van der Waals surface area contributed by atoms with Crippen molar-refractivity contribution in [2.75, 3.05) is 19.7 Å². The number of ether oxygens (including phenoxy) is 3. The van der Waals surface area contributed by atoms with Gasteiger partial charge in [-0.3, -0.25) is 4.79 Å². The Kier molecular flexibility index (Phi) is 8.40. The van der Waals surface area contributed by atoms with Crippen LogP contribution in [-0.2, 0) is 18.3 Å². The normalized spacial score (nSPS) is 15.8. The first-order valence-corrected chi connectivity index (χ1v) is 16.1. The van der Waals surface area contributed by atoms with Gasteiger partial charge in [0, 0.05) is 55.3 Å². The molecule has 3 aromatic heterocycles. The molecule has 230 valence electrons. The van der Waals surface area contributed by atoms with Gasteiger partial charge in [-0.25, -0.2) is 4.79 Å². The summed E-state index contributed by atoms with van der Waals surface area (Å²) in [7, 11) is 1.95. The average Bonchev–Trinajstić information content (AvgIpc) is 3.63. The molecule has 1 atom stereocenters. The number of para-hydroxylation sites is 1. The summed E-state index contributed by atoms with van der Waals surface area (Å²) in [6.45, 7) is 7.95. The fraction of sp³-hybridized carbons (Fsp3) is 0.371. The van der Waals surface area contributed by atoms with Crippen LogP contribution in [0.2, 0.25) is 0 Å². The van der Waals surface area contributed by atoms with Crippen molar-refractivity contribution in [3.8, 4) is 11.5 Å². The molecular formula is C35H39N3O5S. The number of nitrogens with zero attached hydrogens (tertiary/aromatic N) is 3. The van der Waals surface area contributed by atoms with Gasteiger partial charge in [-0.05, 0) is 69.3 Å². The molecule has 1 fully saturated rings. The van der Waals surface area contributed by atoms with Gasteiger partial charge in [0.1, 0.15) is 29.8 Å². The molecular weight excluding hydrogens is 574 g/mol. The maximum absolute atomic E-state index is 13.7. The molecule has 5 aromatic rings. The number of rotatable bonds is 8. The number of hydrogen-bond donors (Lipinski definition) is 0. The van der Waals surface area contributed by atoms with Crippen molar-refractivity contribution in [3.05, 3.63) is 83.5 Å². The van der Waals surface area contributed by atoms with E-state index in [0.717, 1.165) is 51.9 Å². The van der Waals surface area contributed by atoms with E-state index in [4.69, 9.17) is 14.2 Å². The van der Waals surface area contributed by atoms with Crippen LogP contribution < -0.4 is 9.47 Å². The Morgan fingerprint density at radius 2 is 1.77 bits per heavy atom. The van der Waals surface area contributed by atoms with E-state index >= 15 is 0 Å². The lowest BCUT2D eigenvalue weighted by atomic mass is 10.1. The lowest BCUT2D eigenvalue weighted by Crippen LogP contribution is -2.37. The number of thiophene rings is 1. The first kappa shape index (κ1) is 29.8. The summed E-state index contributed by atoms with van der Waals surface area (Å²) >= 11 is 1.64. The van der Waals surface area contributed by atoms with Gasteiger partial charge in [0.05, 0.1) is 22.5 Å². The second kappa shape index (κ2) is 12.4. The fourth-order valence-electron chi connectivity index (χ4n) is 5.80. The average molecular weight is 614 g/mol. The van der Waals surface area contributed by atoms with Crippen LogP contribution in [-0.4, -0.2) is 57.3 Å². The molecule has 0 bridgehead atoms. The highest BCUT2D eigenvalue weighted by Gasteiger charge is 2.26. The van der Waals surface area contributed by atoms with Gasteiger partial charge in [-0.1, -0.05) is 24.3 Å². The topological polar surface area (TPSA) is 74.9 Å². The van der Waals surface area contributed by atoms with Crippen LogP contribution in [0, 0.1) is 0 Å². The van der Waals surface area contributed by atoms with Crippen LogP contribution in [0.15, 0.2) is 72.2 Å². The smallest absolute Gasteiger partial charge is 0.410 e. The monoisotopic (exact) mass is 613 g/mol. The number of likely N-dealkylation sites (tertiary alicyclic amines) is 1. The number of ketones is 1. The van der Waals surface area contributed by atoms with Crippen molar-refractivity contribution in [1.82, 2.24) is 14.0 Å². The fourth-order valence-corrected chi connectivity index (χ4v) is 6.65. The third-order valence-electron chi connectivity index (χ3n) is 7.97. The third kappa shape index (κ3) is 6.48. The molecule has 0 unspecified atom stereocenters. The number of fused-ring (bicyclic) bond motifs is 2. The third-order valence-corrected chi connectivity index (χ3v) is 8.82. The van der Waals surface area contributed by atoms with Gasteiger partial charge in [0.2, 0.25) is 5.78 Å². The zero-order valence-electron chi connectivity index (χ0n) is 25.7. The summed E-state index contributed by atoms with van der Waals surface area (Å²) in [4.78, 5) is 28.0. The van der Waals surface area contributed by atoms with Crippen molar-refractivity contribution in [2.24, 2.45) is 7.05 Å². The zero-order chi connectivity index (χ0) is 30.8. The molecule has 1 saturated heterocycles. The lowest BCUT2D eigenvalue weighted by Gasteiger charge is -2.26. The molecule has 1 amide bonds. The molecule has 4 heterocycles. The van der Waals surface area contributed by atoms with E-state index in [1.165, 1.54) is 0 Å². The highest BCUT2D eigenvalue weighted by molar-refractivity contribution is 7.17. The largest absolute Gasteiger partial charge is 0.492 e. The number of hydrogen-bond acceptors (Lipinski definition) is 6. The summed E-state index contributed by atoms with van der Waals surface area (Å²) in [5.74, 6) is 1.49. The molecule has 1 aliphatic rings. The highest BCUT2D eigenvalue weighted by atomic mass is 32.1. The van der Waals surface area contributed by atoms with Gasteiger partial charge in [0.25, 0.3) is 0 Å². The summed E-state index contributed by atoms with van der Waals surface area (Å²) in [5.41, 5.74) is 2.95. The Morgan fingerprint density at radius 1 is 0.955 bits per heavy atom. The van der Waals surface area contributed by atoms with Crippen LogP contribution >= 0.6 is 11.3 Å². The number of benzene rings is 2. The van der Waals surface area contributed by atoms with Gasteiger partial charge < -0.3 is 28.2 Å². The summed E-state index contributed by atoms with van der Waals surface area (Å²) in [6.07, 6.45) is 4.17. The maximum atomic E-state index is 13.7. The molecule has 6 rings (SSSR count). The van der Waals surface area contributed by atoms with E-state index in [9.17, 15) is 9.59 Å². The van der Waals surface area contributed by atoms with Gasteiger partial charge in [-0.15, -0.1) is 11.3 Å². The molecule has 0 N–H and O–H groups in total. The Balaban J connectivity index is 1.08. The van der Waals surface area contributed by atoms with Crippen molar-refractivity contribution in [1.29, 1.82) is 0 Å². The summed E-state index contributed by atoms with van der Waals surface area (Å²) in [5, 5.41) is 2.98. The molecule has 44 heavy (non-hydrogen) atoms. The molecule has 0 radical (unpaired) electrons.